The Kier molecular flexibility index (Phi) is 4.61. The van der Waals surface area contributed by atoms with E-state index < -0.39 is 0 Å². The molecule has 0 aromatic heterocycles. The summed E-state index contributed by atoms with van der Waals surface area (Å²) in [5.74, 6) is 0.896. The molecule has 100 valence electrons. The second-order valence-electron chi connectivity index (χ2n) is 5.03. The molecule has 0 heterocycles. The van der Waals surface area contributed by atoms with Gasteiger partial charge in [0.2, 0.25) is 0 Å². The van der Waals surface area contributed by atoms with Gasteiger partial charge in [0.1, 0.15) is 5.75 Å². The lowest BCUT2D eigenvalue weighted by atomic mass is 9.77. The Hall–Kier alpha value is -1.06. The summed E-state index contributed by atoms with van der Waals surface area (Å²) in [7, 11) is 3.68. The predicted octanol–water partition coefficient (Wildman–Crippen LogP) is 2.74. The minimum atomic E-state index is 0.128. The molecule has 0 amide bonds. The van der Waals surface area contributed by atoms with Crippen molar-refractivity contribution in [2.75, 3.05) is 20.7 Å². The summed E-state index contributed by atoms with van der Waals surface area (Å²) in [5.41, 5.74) is 1.34. The quantitative estimate of drug-likeness (QED) is 0.806. The van der Waals surface area contributed by atoms with Crippen molar-refractivity contribution >= 4 is 0 Å². The zero-order valence-electron chi connectivity index (χ0n) is 11.4. The molecule has 3 heteroatoms. The molecular weight excluding hydrogens is 226 g/mol. The molecule has 1 aromatic rings. The van der Waals surface area contributed by atoms with Gasteiger partial charge in [0.25, 0.3) is 0 Å². The van der Waals surface area contributed by atoms with Crippen LogP contribution < -0.4 is 10.1 Å². The maximum atomic E-state index is 6.15. The molecular formula is C15H23NO2. The fourth-order valence-electron chi connectivity index (χ4n) is 2.35. The van der Waals surface area contributed by atoms with Gasteiger partial charge < -0.3 is 14.8 Å². The molecule has 1 aromatic carbocycles. The van der Waals surface area contributed by atoms with E-state index in [0.29, 0.717) is 6.61 Å². The minimum absolute atomic E-state index is 0.128. The third-order valence-corrected chi connectivity index (χ3v) is 3.80. The highest BCUT2D eigenvalue weighted by Crippen LogP contribution is 2.39. The Morgan fingerprint density at radius 3 is 2.44 bits per heavy atom. The van der Waals surface area contributed by atoms with E-state index >= 15 is 0 Å². The molecule has 1 saturated carbocycles. The fourth-order valence-corrected chi connectivity index (χ4v) is 2.35. The van der Waals surface area contributed by atoms with Crippen molar-refractivity contribution in [3.8, 4) is 5.75 Å². The first-order chi connectivity index (χ1) is 8.78. The molecule has 2 rings (SSSR count). The van der Waals surface area contributed by atoms with Crippen molar-refractivity contribution in [3.63, 3.8) is 0 Å². The van der Waals surface area contributed by atoms with Gasteiger partial charge in [0.05, 0.1) is 19.3 Å². The van der Waals surface area contributed by atoms with Crippen LogP contribution in [-0.4, -0.2) is 26.3 Å². The zero-order chi connectivity index (χ0) is 12.8. The smallest absolute Gasteiger partial charge is 0.118 e. The molecule has 0 spiro atoms. The van der Waals surface area contributed by atoms with Crippen LogP contribution in [0.1, 0.15) is 31.2 Å². The van der Waals surface area contributed by atoms with Crippen molar-refractivity contribution in [2.45, 2.75) is 37.9 Å². The lowest BCUT2D eigenvalue weighted by Crippen LogP contribution is -2.42. The molecule has 1 N–H and O–H groups in total. The minimum Gasteiger partial charge on any atom is -0.497 e. The summed E-state index contributed by atoms with van der Waals surface area (Å²) in [6.45, 7) is 1.73. The van der Waals surface area contributed by atoms with Gasteiger partial charge in [-0.05, 0) is 57.0 Å². The first-order valence-electron chi connectivity index (χ1n) is 6.69. The van der Waals surface area contributed by atoms with Crippen molar-refractivity contribution in [1.29, 1.82) is 0 Å². The Balaban J connectivity index is 1.85. The molecule has 0 aliphatic heterocycles. The molecule has 1 aliphatic rings. The average Bonchev–Trinajstić information content (AvgIpc) is 2.38. The van der Waals surface area contributed by atoms with Crippen LogP contribution in [0, 0.1) is 0 Å². The number of methoxy groups -OCH3 is 1. The number of hydrogen-bond acceptors (Lipinski definition) is 3. The molecule has 0 atom stereocenters. The van der Waals surface area contributed by atoms with Gasteiger partial charge in [0.15, 0.2) is 0 Å². The van der Waals surface area contributed by atoms with E-state index in [1.165, 1.54) is 24.8 Å². The summed E-state index contributed by atoms with van der Waals surface area (Å²) in [6, 6.07) is 8.12. The van der Waals surface area contributed by atoms with E-state index in [4.69, 9.17) is 9.47 Å². The number of hydrogen-bond donors (Lipinski definition) is 1. The van der Waals surface area contributed by atoms with Crippen molar-refractivity contribution in [2.24, 2.45) is 0 Å². The summed E-state index contributed by atoms with van der Waals surface area (Å²) in [5, 5.41) is 3.21. The molecule has 0 saturated heterocycles. The second kappa shape index (κ2) is 6.21. The number of benzene rings is 1. The van der Waals surface area contributed by atoms with Gasteiger partial charge in [-0.3, -0.25) is 0 Å². The van der Waals surface area contributed by atoms with Crippen LogP contribution in [0.25, 0.3) is 0 Å². The number of rotatable bonds is 7. The lowest BCUT2D eigenvalue weighted by Gasteiger charge is -2.42. The highest BCUT2D eigenvalue weighted by molar-refractivity contribution is 5.26. The van der Waals surface area contributed by atoms with E-state index in [9.17, 15) is 0 Å². The first-order valence-corrected chi connectivity index (χ1v) is 6.69. The Morgan fingerprint density at radius 2 is 1.94 bits per heavy atom. The maximum Gasteiger partial charge on any atom is 0.118 e. The standard InChI is InChI=1S/C15H23NO2/c1-16-11-10-15(8-3-9-15)18-12-13-4-6-14(17-2)7-5-13/h4-7,16H,3,8-12H2,1-2H3. The molecule has 18 heavy (non-hydrogen) atoms. The van der Waals surface area contributed by atoms with Crippen LogP contribution in [0.2, 0.25) is 0 Å². The highest BCUT2D eigenvalue weighted by Gasteiger charge is 2.37. The topological polar surface area (TPSA) is 30.5 Å². The monoisotopic (exact) mass is 249 g/mol. The van der Waals surface area contributed by atoms with Crippen molar-refractivity contribution in [1.82, 2.24) is 5.32 Å². The Bertz CT molecular complexity index is 357. The van der Waals surface area contributed by atoms with Crippen LogP contribution in [0.5, 0.6) is 5.75 Å². The van der Waals surface area contributed by atoms with E-state index in [0.717, 1.165) is 18.7 Å². The molecule has 1 aliphatic carbocycles. The van der Waals surface area contributed by atoms with Gasteiger partial charge >= 0.3 is 0 Å². The van der Waals surface area contributed by atoms with Crippen LogP contribution in [0.3, 0.4) is 0 Å². The average molecular weight is 249 g/mol. The fraction of sp³-hybridized carbons (Fsp3) is 0.600. The van der Waals surface area contributed by atoms with E-state index in [1.54, 1.807) is 7.11 Å². The predicted molar refractivity (Wildman–Crippen MR) is 72.9 cm³/mol. The van der Waals surface area contributed by atoms with E-state index in [-0.39, 0.29) is 5.60 Å². The molecule has 0 radical (unpaired) electrons. The summed E-state index contributed by atoms with van der Waals surface area (Å²) in [6.07, 6.45) is 4.81. The van der Waals surface area contributed by atoms with Crippen LogP contribution in [-0.2, 0) is 11.3 Å². The third-order valence-electron chi connectivity index (χ3n) is 3.80. The third kappa shape index (κ3) is 3.24. The maximum absolute atomic E-state index is 6.15. The van der Waals surface area contributed by atoms with Crippen LogP contribution >= 0.6 is 0 Å². The van der Waals surface area contributed by atoms with Crippen molar-refractivity contribution in [3.05, 3.63) is 29.8 Å². The van der Waals surface area contributed by atoms with E-state index in [2.05, 4.69) is 17.4 Å². The lowest BCUT2D eigenvalue weighted by molar-refractivity contribution is -0.113. The summed E-state index contributed by atoms with van der Waals surface area (Å²) < 4.78 is 11.3. The van der Waals surface area contributed by atoms with Gasteiger partial charge in [-0.2, -0.15) is 0 Å². The van der Waals surface area contributed by atoms with Gasteiger partial charge in [0, 0.05) is 0 Å². The Morgan fingerprint density at radius 1 is 1.22 bits per heavy atom. The number of nitrogens with one attached hydrogen (secondary N) is 1. The van der Waals surface area contributed by atoms with Crippen LogP contribution in [0.15, 0.2) is 24.3 Å². The first kappa shape index (κ1) is 13.4. The molecule has 0 unspecified atom stereocenters. The molecule has 0 bridgehead atoms. The largest absolute Gasteiger partial charge is 0.497 e. The second-order valence-corrected chi connectivity index (χ2v) is 5.03. The molecule has 1 fully saturated rings. The van der Waals surface area contributed by atoms with Gasteiger partial charge in [-0.15, -0.1) is 0 Å². The van der Waals surface area contributed by atoms with E-state index in [1.807, 2.05) is 19.2 Å². The zero-order valence-corrected chi connectivity index (χ0v) is 11.4. The van der Waals surface area contributed by atoms with Gasteiger partial charge in [-0.25, -0.2) is 0 Å². The Labute approximate surface area is 109 Å². The highest BCUT2D eigenvalue weighted by atomic mass is 16.5. The SMILES string of the molecule is CNCCC1(OCc2ccc(OC)cc2)CCC1. The summed E-state index contributed by atoms with van der Waals surface area (Å²) in [4.78, 5) is 0. The number of ether oxygens (including phenoxy) is 2. The normalized spacial score (nSPS) is 17.2. The van der Waals surface area contributed by atoms with Crippen LogP contribution in [0.4, 0.5) is 0 Å². The van der Waals surface area contributed by atoms with Gasteiger partial charge in [-0.1, -0.05) is 12.1 Å². The molecule has 3 nitrogen and oxygen atoms in total. The van der Waals surface area contributed by atoms with Crippen molar-refractivity contribution < 1.29 is 9.47 Å². The summed E-state index contributed by atoms with van der Waals surface area (Å²) >= 11 is 0.